The van der Waals surface area contributed by atoms with E-state index in [0.29, 0.717) is 5.92 Å². The lowest BCUT2D eigenvalue weighted by molar-refractivity contribution is -0.115. The van der Waals surface area contributed by atoms with Gasteiger partial charge in [0.1, 0.15) is 0 Å². The fraction of sp³-hybridized carbons (Fsp3) is 0.700. The minimum atomic E-state index is -0.166. The second-order valence-corrected chi connectivity index (χ2v) is 3.17. The fourth-order valence-electron chi connectivity index (χ4n) is 0.870. The van der Waals surface area contributed by atoms with Gasteiger partial charge in [-0.1, -0.05) is 19.8 Å². The van der Waals surface area contributed by atoms with E-state index in [9.17, 15) is 4.79 Å². The second kappa shape index (κ2) is 6.72. The van der Waals surface area contributed by atoms with Gasteiger partial charge in [-0.05, 0) is 31.6 Å². The third-order valence-corrected chi connectivity index (χ3v) is 1.48. The molecule has 0 radical (unpaired) electrons. The summed E-state index contributed by atoms with van der Waals surface area (Å²) >= 11 is 0. The van der Waals surface area contributed by atoms with Gasteiger partial charge in [-0.3, -0.25) is 4.79 Å². The van der Waals surface area contributed by atoms with Gasteiger partial charge >= 0.3 is 0 Å². The maximum atomic E-state index is 10.8. The van der Waals surface area contributed by atoms with Gasteiger partial charge in [0.15, 0.2) is 0 Å². The van der Waals surface area contributed by atoms with Crippen LogP contribution in [0.2, 0.25) is 0 Å². The van der Waals surface area contributed by atoms with Crippen molar-refractivity contribution in [1.82, 2.24) is 5.32 Å². The van der Waals surface area contributed by atoms with Crippen LogP contribution in [0.5, 0.6) is 0 Å². The minimum Gasteiger partial charge on any atom is -0.345 e. The van der Waals surface area contributed by atoms with Gasteiger partial charge in [-0.2, -0.15) is 0 Å². The molecular formula is C10H17NO. The molecule has 0 saturated carbocycles. The summed E-state index contributed by atoms with van der Waals surface area (Å²) in [5.74, 6) is 5.53. The average molecular weight is 167 g/mol. The molecule has 68 valence electrons. The molecule has 0 bridgehead atoms. The van der Waals surface area contributed by atoms with Gasteiger partial charge in [0.2, 0.25) is 0 Å². The Bertz CT molecular complexity index is 186. The first kappa shape index (κ1) is 11.0. The molecule has 0 fully saturated rings. The molecule has 1 N–H and O–H groups in total. The van der Waals surface area contributed by atoms with Gasteiger partial charge in [-0.15, -0.1) is 0 Å². The van der Waals surface area contributed by atoms with E-state index in [1.165, 1.54) is 0 Å². The summed E-state index contributed by atoms with van der Waals surface area (Å²) in [6, 6.07) is 0. The van der Waals surface area contributed by atoms with E-state index in [-0.39, 0.29) is 5.91 Å². The summed E-state index contributed by atoms with van der Waals surface area (Å²) in [6.45, 7) is 6.75. The molecule has 0 aromatic rings. The lowest BCUT2D eigenvalue weighted by Crippen LogP contribution is -2.22. The number of carbonyl (C=O) groups is 1. The van der Waals surface area contributed by atoms with E-state index in [1.54, 1.807) is 6.92 Å². The Morgan fingerprint density at radius 1 is 1.50 bits per heavy atom. The summed E-state index contributed by atoms with van der Waals surface area (Å²) in [7, 11) is 0. The topological polar surface area (TPSA) is 29.1 Å². The van der Waals surface area contributed by atoms with E-state index in [4.69, 9.17) is 0 Å². The van der Waals surface area contributed by atoms with E-state index in [1.807, 2.05) is 0 Å². The molecule has 0 aromatic heterocycles. The first-order chi connectivity index (χ1) is 5.66. The molecule has 2 nitrogen and oxygen atoms in total. The van der Waals surface area contributed by atoms with E-state index in [0.717, 1.165) is 19.4 Å². The van der Waals surface area contributed by atoms with Crippen molar-refractivity contribution in [3.05, 3.63) is 0 Å². The van der Waals surface area contributed by atoms with Crippen LogP contribution in [-0.4, -0.2) is 12.5 Å². The molecule has 0 heterocycles. The smallest absolute Gasteiger partial charge is 0.295 e. The predicted octanol–water partition coefficient (Wildman–Crippen LogP) is 1.56. The minimum absolute atomic E-state index is 0.166. The molecule has 0 unspecified atom stereocenters. The van der Waals surface area contributed by atoms with E-state index < -0.39 is 0 Å². The number of amides is 1. The van der Waals surface area contributed by atoms with Crippen molar-refractivity contribution in [1.29, 1.82) is 0 Å². The Labute approximate surface area is 74.7 Å². The van der Waals surface area contributed by atoms with Crippen molar-refractivity contribution in [3.8, 4) is 11.8 Å². The second-order valence-electron chi connectivity index (χ2n) is 3.17. The van der Waals surface area contributed by atoms with Gasteiger partial charge in [-0.25, -0.2) is 0 Å². The first-order valence-electron chi connectivity index (χ1n) is 4.37. The highest BCUT2D eigenvalue weighted by Gasteiger charge is 1.95. The van der Waals surface area contributed by atoms with Crippen molar-refractivity contribution in [2.24, 2.45) is 5.92 Å². The van der Waals surface area contributed by atoms with Gasteiger partial charge < -0.3 is 5.32 Å². The molecule has 12 heavy (non-hydrogen) atoms. The summed E-state index contributed by atoms with van der Waals surface area (Å²) in [5, 5.41) is 2.73. The van der Waals surface area contributed by atoms with Crippen LogP contribution >= 0.6 is 0 Å². The first-order valence-corrected chi connectivity index (χ1v) is 4.37. The lowest BCUT2D eigenvalue weighted by atomic mass is 10.1. The molecule has 0 aromatic carbocycles. The van der Waals surface area contributed by atoms with Crippen LogP contribution in [0.1, 0.15) is 33.6 Å². The Balaban J connectivity index is 3.30. The van der Waals surface area contributed by atoms with Crippen LogP contribution in [0.3, 0.4) is 0 Å². The van der Waals surface area contributed by atoms with Crippen LogP contribution in [0, 0.1) is 17.8 Å². The molecule has 0 rings (SSSR count). The van der Waals surface area contributed by atoms with Gasteiger partial charge in [0, 0.05) is 6.54 Å². The van der Waals surface area contributed by atoms with Crippen molar-refractivity contribution in [3.63, 3.8) is 0 Å². The number of hydrogen-bond acceptors (Lipinski definition) is 1. The highest BCUT2D eigenvalue weighted by atomic mass is 16.1. The molecule has 2 heteroatoms. The predicted molar refractivity (Wildman–Crippen MR) is 50.5 cm³/mol. The third kappa shape index (κ3) is 7.14. The Morgan fingerprint density at radius 3 is 2.67 bits per heavy atom. The number of rotatable bonds is 4. The Hall–Kier alpha value is -0.970. The zero-order valence-electron chi connectivity index (χ0n) is 8.11. The number of carbonyl (C=O) groups excluding carboxylic acids is 1. The molecule has 0 saturated heterocycles. The van der Waals surface area contributed by atoms with Crippen LogP contribution in [-0.2, 0) is 4.79 Å². The van der Waals surface area contributed by atoms with Crippen molar-refractivity contribution >= 4 is 5.91 Å². The van der Waals surface area contributed by atoms with E-state index >= 15 is 0 Å². The Kier molecular flexibility index (Phi) is 6.18. The molecule has 0 aliphatic heterocycles. The maximum Gasteiger partial charge on any atom is 0.295 e. The van der Waals surface area contributed by atoms with Crippen molar-refractivity contribution in [2.75, 3.05) is 6.54 Å². The van der Waals surface area contributed by atoms with Gasteiger partial charge in [0.05, 0.1) is 0 Å². The normalized spacial score (nSPS) is 9.00. The summed E-state index contributed by atoms with van der Waals surface area (Å²) in [5.41, 5.74) is 0. The summed E-state index contributed by atoms with van der Waals surface area (Å²) in [6.07, 6.45) is 2.19. The molecule has 0 atom stereocenters. The molecular weight excluding hydrogens is 150 g/mol. The zero-order valence-corrected chi connectivity index (χ0v) is 8.11. The highest BCUT2D eigenvalue weighted by Crippen LogP contribution is 2.01. The molecule has 0 aliphatic carbocycles. The van der Waals surface area contributed by atoms with Crippen LogP contribution < -0.4 is 5.32 Å². The average Bonchev–Trinajstić information content (AvgIpc) is 1.98. The van der Waals surface area contributed by atoms with Crippen LogP contribution in [0.15, 0.2) is 0 Å². The molecule has 0 aliphatic rings. The standard InChI is InChI=1S/C10H17NO/c1-4-6-10(12)11-8-5-7-9(2)3/h9H,5,7-8H2,1-3H3,(H,11,12). The third-order valence-electron chi connectivity index (χ3n) is 1.48. The maximum absolute atomic E-state index is 10.8. The fourth-order valence-corrected chi connectivity index (χ4v) is 0.870. The summed E-state index contributed by atoms with van der Waals surface area (Å²) in [4.78, 5) is 10.8. The molecule has 0 spiro atoms. The van der Waals surface area contributed by atoms with Crippen molar-refractivity contribution < 1.29 is 4.79 Å². The van der Waals surface area contributed by atoms with Crippen molar-refractivity contribution in [2.45, 2.75) is 33.6 Å². The monoisotopic (exact) mass is 167 g/mol. The van der Waals surface area contributed by atoms with Crippen LogP contribution in [0.4, 0.5) is 0 Å². The lowest BCUT2D eigenvalue weighted by Gasteiger charge is -2.03. The molecule has 1 amide bonds. The number of hydrogen-bond donors (Lipinski definition) is 1. The SMILES string of the molecule is CC#CC(=O)NCCCC(C)C. The largest absolute Gasteiger partial charge is 0.345 e. The van der Waals surface area contributed by atoms with E-state index in [2.05, 4.69) is 31.0 Å². The van der Waals surface area contributed by atoms with Crippen LogP contribution in [0.25, 0.3) is 0 Å². The summed E-state index contributed by atoms with van der Waals surface area (Å²) < 4.78 is 0. The quantitative estimate of drug-likeness (QED) is 0.499. The number of nitrogens with one attached hydrogen (secondary N) is 1. The highest BCUT2D eigenvalue weighted by molar-refractivity contribution is 5.93. The zero-order chi connectivity index (χ0) is 9.40. The Morgan fingerprint density at radius 2 is 2.17 bits per heavy atom. The van der Waals surface area contributed by atoms with Gasteiger partial charge in [0.25, 0.3) is 5.91 Å².